The summed E-state index contributed by atoms with van der Waals surface area (Å²) in [5, 5.41) is 10.4. The number of ether oxygens (including phenoxy) is 1. The standard InChI is InChI=1S/C18H19N3O4S/c1-10-14(26-17(19)20-10)15(22)21-7-12-8-25-13-5-3-2-4-11(13)6-18(12,9-21)16(23)24/h2-5,12H,6-9H2,1H3,(H2,19,20)(H,23,24)/t12-,18+/m1/s1. The summed E-state index contributed by atoms with van der Waals surface area (Å²) in [5.74, 6) is -0.647. The van der Waals surface area contributed by atoms with Crippen LogP contribution in [0.1, 0.15) is 20.9 Å². The van der Waals surface area contributed by atoms with Gasteiger partial charge in [-0.2, -0.15) is 0 Å². The fraction of sp³-hybridized carbons (Fsp3) is 0.389. The van der Waals surface area contributed by atoms with Crippen LogP contribution in [0.25, 0.3) is 0 Å². The zero-order valence-corrected chi connectivity index (χ0v) is 15.1. The molecule has 2 aliphatic heterocycles. The number of aliphatic carboxylic acids is 1. The fourth-order valence-corrected chi connectivity index (χ4v) is 4.74. The molecule has 2 aliphatic rings. The molecule has 0 unspecified atom stereocenters. The molecule has 7 nitrogen and oxygen atoms in total. The largest absolute Gasteiger partial charge is 0.493 e. The number of hydrogen-bond acceptors (Lipinski definition) is 6. The minimum absolute atomic E-state index is 0.154. The smallest absolute Gasteiger partial charge is 0.312 e. The van der Waals surface area contributed by atoms with Gasteiger partial charge in [0.15, 0.2) is 5.13 Å². The number of para-hydroxylation sites is 1. The number of rotatable bonds is 2. The number of nitrogens with two attached hydrogens (primary N) is 1. The number of carbonyl (C=O) groups excluding carboxylic acids is 1. The number of carboxylic acids is 1. The maximum Gasteiger partial charge on any atom is 0.312 e. The molecule has 3 heterocycles. The van der Waals surface area contributed by atoms with E-state index in [0.29, 0.717) is 28.7 Å². The van der Waals surface area contributed by atoms with Crippen molar-refractivity contribution < 1.29 is 19.4 Å². The third-order valence-corrected chi connectivity index (χ3v) is 6.31. The molecule has 8 heteroatoms. The third-order valence-electron chi connectivity index (χ3n) is 5.33. The van der Waals surface area contributed by atoms with E-state index in [9.17, 15) is 14.7 Å². The zero-order chi connectivity index (χ0) is 18.5. The summed E-state index contributed by atoms with van der Waals surface area (Å²) in [7, 11) is 0. The second-order valence-electron chi connectivity index (χ2n) is 6.91. The Balaban J connectivity index is 1.68. The highest BCUT2D eigenvalue weighted by Gasteiger charge is 2.55. The Morgan fingerprint density at radius 3 is 2.88 bits per heavy atom. The molecule has 0 bridgehead atoms. The van der Waals surface area contributed by atoms with Crippen molar-refractivity contribution in [3.05, 3.63) is 40.4 Å². The third kappa shape index (κ3) is 2.52. The van der Waals surface area contributed by atoms with Crippen molar-refractivity contribution in [2.45, 2.75) is 13.3 Å². The lowest BCUT2D eigenvalue weighted by Gasteiger charge is -2.27. The number of amides is 1. The summed E-state index contributed by atoms with van der Waals surface area (Å²) in [4.78, 5) is 31.4. The summed E-state index contributed by atoms with van der Waals surface area (Å²) in [5.41, 5.74) is 6.10. The number of hydrogen-bond donors (Lipinski definition) is 2. The molecule has 3 N–H and O–H groups in total. The molecule has 0 spiro atoms. The number of nitrogens with zero attached hydrogens (tertiary/aromatic N) is 2. The first-order valence-corrected chi connectivity index (χ1v) is 9.18. The molecule has 1 aromatic heterocycles. The second-order valence-corrected chi connectivity index (χ2v) is 7.94. The first kappa shape index (κ1) is 16.8. The van der Waals surface area contributed by atoms with Crippen molar-refractivity contribution in [2.24, 2.45) is 11.3 Å². The van der Waals surface area contributed by atoms with E-state index in [0.717, 1.165) is 22.6 Å². The normalized spacial score (nSPS) is 24.3. The predicted molar refractivity (Wildman–Crippen MR) is 96.4 cm³/mol. The van der Waals surface area contributed by atoms with Crippen LogP contribution < -0.4 is 10.5 Å². The van der Waals surface area contributed by atoms with Gasteiger partial charge in [0.25, 0.3) is 5.91 Å². The molecule has 1 saturated heterocycles. The first-order chi connectivity index (χ1) is 12.4. The molecule has 0 saturated carbocycles. The van der Waals surface area contributed by atoms with Crippen LogP contribution in [0.5, 0.6) is 5.75 Å². The lowest BCUT2D eigenvalue weighted by Crippen LogP contribution is -2.42. The molecule has 2 atom stereocenters. The molecule has 0 aliphatic carbocycles. The lowest BCUT2D eigenvalue weighted by molar-refractivity contribution is -0.150. The highest BCUT2D eigenvalue weighted by atomic mass is 32.1. The predicted octanol–water partition coefficient (Wildman–Crippen LogP) is 1.81. The minimum Gasteiger partial charge on any atom is -0.493 e. The highest BCUT2D eigenvalue weighted by molar-refractivity contribution is 7.17. The number of carboxylic acid groups (broad SMARTS) is 1. The number of thiazole rings is 1. The average Bonchev–Trinajstić information content (AvgIpc) is 3.09. The Labute approximate surface area is 154 Å². The van der Waals surface area contributed by atoms with Gasteiger partial charge in [-0.3, -0.25) is 9.59 Å². The minimum atomic E-state index is -1.05. The van der Waals surface area contributed by atoms with Crippen LogP contribution in [0.2, 0.25) is 0 Å². The fourth-order valence-electron chi connectivity index (χ4n) is 3.94. The topological polar surface area (TPSA) is 106 Å². The lowest BCUT2D eigenvalue weighted by atomic mass is 9.74. The molecule has 136 valence electrons. The van der Waals surface area contributed by atoms with Gasteiger partial charge >= 0.3 is 5.97 Å². The molecule has 1 amide bonds. The number of anilines is 1. The number of carbonyl (C=O) groups is 2. The first-order valence-electron chi connectivity index (χ1n) is 8.37. The summed E-state index contributed by atoms with van der Waals surface area (Å²) < 4.78 is 5.87. The SMILES string of the molecule is Cc1nc(N)sc1C(=O)N1C[C@@H]2COc3ccccc3C[C@]2(C(=O)O)C1. The molecular formula is C18H19N3O4S. The molecule has 0 radical (unpaired) electrons. The van der Waals surface area contributed by atoms with E-state index in [1.807, 2.05) is 24.3 Å². The Morgan fingerprint density at radius 2 is 2.19 bits per heavy atom. The van der Waals surface area contributed by atoms with Crippen molar-refractivity contribution in [3.63, 3.8) is 0 Å². The van der Waals surface area contributed by atoms with E-state index in [2.05, 4.69) is 4.98 Å². The highest BCUT2D eigenvalue weighted by Crippen LogP contribution is 2.44. The van der Waals surface area contributed by atoms with E-state index in [4.69, 9.17) is 10.5 Å². The van der Waals surface area contributed by atoms with Gasteiger partial charge in [-0.15, -0.1) is 0 Å². The van der Waals surface area contributed by atoms with Gasteiger partial charge in [-0.05, 0) is 25.0 Å². The van der Waals surface area contributed by atoms with Crippen LogP contribution in [-0.4, -0.2) is 46.6 Å². The number of aromatic nitrogens is 1. The number of fused-ring (bicyclic) bond motifs is 2. The van der Waals surface area contributed by atoms with E-state index in [-0.39, 0.29) is 25.0 Å². The number of benzene rings is 1. The quantitative estimate of drug-likeness (QED) is 0.832. The van der Waals surface area contributed by atoms with E-state index >= 15 is 0 Å². The number of aryl methyl sites for hydroxylation is 1. The van der Waals surface area contributed by atoms with Crippen molar-refractivity contribution in [2.75, 3.05) is 25.4 Å². The van der Waals surface area contributed by atoms with Gasteiger partial charge in [-0.1, -0.05) is 29.5 Å². The molecular weight excluding hydrogens is 354 g/mol. The maximum absolute atomic E-state index is 12.9. The zero-order valence-electron chi connectivity index (χ0n) is 14.3. The average molecular weight is 373 g/mol. The summed E-state index contributed by atoms with van der Waals surface area (Å²) in [6.07, 6.45) is 0.344. The van der Waals surface area contributed by atoms with Crippen molar-refractivity contribution in [3.8, 4) is 5.75 Å². The Hall–Kier alpha value is -2.61. The van der Waals surface area contributed by atoms with Gasteiger partial charge in [0.05, 0.1) is 17.7 Å². The van der Waals surface area contributed by atoms with E-state index < -0.39 is 11.4 Å². The molecule has 2 aromatic rings. The van der Waals surface area contributed by atoms with Crippen LogP contribution >= 0.6 is 11.3 Å². The van der Waals surface area contributed by atoms with Crippen molar-refractivity contribution >= 4 is 28.3 Å². The van der Waals surface area contributed by atoms with Gasteiger partial charge in [0.1, 0.15) is 10.6 Å². The number of nitrogen functional groups attached to an aromatic ring is 1. The summed E-state index contributed by atoms with van der Waals surface area (Å²) >= 11 is 1.14. The number of likely N-dealkylation sites (tertiary alicyclic amines) is 1. The Morgan fingerprint density at radius 1 is 1.42 bits per heavy atom. The van der Waals surface area contributed by atoms with Gasteiger partial charge in [0.2, 0.25) is 0 Å². The van der Waals surface area contributed by atoms with Crippen LogP contribution in [0.3, 0.4) is 0 Å². The Kier molecular flexibility index (Phi) is 3.87. The van der Waals surface area contributed by atoms with E-state index in [1.54, 1.807) is 11.8 Å². The monoisotopic (exact) mass is 373 g/mol. The van der Waals surface area contributed by atoms with Crippen LogP contribution in [0.4, 0.5) is 5.13 Å². The summed E-state index contributed by atoms with van der Waals surface area (Å²) in [6.45, 7) is 2.51. The van der Waals surface area contributed by atoms with Crippen molar-refractivity contribution in [1.82, 2.24) is 9.88 Å². The Bertz CT molecular complexity index is 896. The van der Waals surface area contributed by atoms with Crippen LogP contribution in [0, 0.1) is 18.3 Å². The van der Waals surface area contributed by atoms with Gasteiger partial charge in [-0.25, -0.2) is 4.98 Å². The van der Waals surface area contributed by atoms with Crippen molar-refractivity contribution in [1.29, 1.82) is 0 Å². The molecule has 1 aromatic carbocycles. The van der Waals surface area contributed by atoms with Crippen LogP contribution in [0.15, 0.2) is 24.3 Å². The second kappa shape index (κ2) is 5.98. The molecule has 4 rings (SSSR count). The van der Waals surface area contributed by atoms with Gasteiger partial charge < -0.3 is 20.5 Å². The maximum atomic E-state index is 12.9. The van der Waals surface area contributed by atoms with Crippen LogP contribution in [-0.2, 0) is 11.2 Å². The van der Waals surface area contributed by atoms with E-state index in [1.165, 1.54) is 0 Å². The molecule has 1 fully saturated rings. The molecule has 26 heavy (non-hydrogen) atoms. The summed E-state index contributed by atoms with van der Waals surface area (Å²) in [6, 6.07) is 7.50. The van der Waals surface area contributed by atoms with Gasteiger partial charge in [0, 0.05) is 19.0 Å².